The van der Waals surface area contributed by atoms with E-state index in [1.807, 2.05) is 0 Å². The molecule has 2 aromatic rings. The van der Waals surface area contributed by atoms with Crippen LogP contribution in [0.3, 0.4) is 0 Å². The highest BCUT2D eigenvalue weighted by molar-refractivity contribution is 5.86. The lowest BCUT2D eigenvalue weighted by molar-refractivity contribution is 0.0871. The van der Waals surface area contributed by atoms with Crippen molar-refractivity contribution in [3.05, 3.63) is 36.0 Å². The number of aromatic nitrogens is 1. The zero-order valence-corrected chi connectivity index (χ0v) is 16.1. The second kappa shape index (κ2) is 7.89. The van der Waals surface area contributed by atoms with Gasteiger partial charge in [0, 0.05) is 56.4 Å². The lowest BCUT2D eigenvalue weighted by atomic mass is 9.81. The second-order valence-corrected chi connectivity index (χ2v) is 7.27. The molecule has 0 aliphatic carbocycles. The predicted octanol–water partition coefficient (Wildman–Crippen LogP) is 4.01. The van der Waals surface area contributed by atoms with Gasteiger partial charge in [0.1, 0.15) is 0 Å². The molecule has 1 aliphatic rings. The fourth-order valence-electron chi connectivity index (χ4n) is 3.74. The van der Waals surface area contributed by atoms with Crippen LogP contribution < -0.4 is 5.32 Å². The molecule has 1 N–H and O–H groups in total. The first-order valence-corrected chi connectivity index (χ1v) is 7.97. The van der Waals surface area contributed by atoms with Gasteiger partial charge in [-0.3, -0.25) is 4.90 Å². The molecular weight excluding hydrogens is 329 g/mol. The highest BCUT2D eigenvalue weighted by Crippen LogP contribution is 2.41. The van der Waals surface area contributed by atoms with Crippen LogP contribution in [0.15, 0.2) is 30.5 Å². The third kappa shape index (κ3) is 4.03. The molecule has 2 heterocycles. The van der Waals surface area contributed by atoms with Gasteiger partial charge in [-0.25, -0.2) is 0 Å². The van der Waals surface area contributed by atoms with Gasteiger partial charge in [0.15, 0.2) is 0 Å². The lowest BCUT2D eigenvalue weighted by Gasteiger charge is -2.42. The monoisotopic (exact) mass is 357 g/mol. The summed E-state index contributed by atoms with van der Waals surface area (Å²) in [7, 11) is 2.16. The molecule has 0 radical (unpaired) electrons. The fourth-order valence-corrected chi connectivity index (χ4v) is 3.74. The summed E-state index contributed by atoms with van der Waals surface area (Å²) in [6, 6.07) is 9.24. The summed E-state index contributed by atoms with van der Waals surface area (Å²) in [6.45, 7) is 11.5. The van der Waals surface area contributed by atoms with Crippen molar-refractivity contribution >= 4 is 35.7 Å². The Bertz CT molecular complexity index is 625. The van der Waals surface area contributed by atoms with Gasteiger partial charge in [0.2, 0.25) is 0 Å². The summed E-state index contributed by atoms with van der Waals surface area (Å²) in [4.78, 5) is 2.65. The van der Waals surface area contributed by atoms with Crippen LogP contribution >= 0.6 is 24.8 Å². The van der Waals surface area contributed by atoms with Crippen LogP contribution in [-0.4, -0.2) is 35.6 Å². The Morgan fingerprint density at radius 2 is 1.65 bits per heavy atom. The van der Waals surface area contributed by atoms with E-state index in [0.29, 0.717) is 6.04 Å². The van der Waals surface area contributed by atoms with Gasteiger partial charge in [0.05, 0.1) is 0 Å². The molecule has 3 nitrogen and oxygen atoms in total. The van der Waals surface area contributed by atoms with E-state index in [9.17, 15) is 0 Å². The molecule has 0 saturated carbocycles. The average molecular weight is 358 g/mol. The molecule has 1 aromatic heterocycles. The van der Waals surface area contributed by atoms with Crippen molar-refractivity contribution in [1.29, 1.82) is 0 Å². The molecule has 0 amide bonds. The van der Waals surface area contributed by atoms with E-state index in [1.54, 1.807) is 0 Å². The number of para-hydroxylation sites is 1. The maximum atomic E-state index is 3.47. The van der Waals surface area contributed by atoms with Crippen molar-refractivity contribution in [1.82, 2.24) is 14.8 Å². The minimum Gasteiger partial charge on any atom is -0.350 e. The molecule has 0 bridgehead atoms. The molecule has 1 saturated heterocycles. The predicted molar refractivity (Wildman–Crippen MR) is 104 cm³/mol. The summed E-state index contributed by atoms with van der Waals surface area (Å²) in [5, 5.41) is 4.87. The Labute approximate surface area is 152 Å². The standard InChI is InChI=1S/C18H27N3.2ClH/c1-18(2,3)17(21-11-9-19-10-12-21)15-13-20(4)16-8-6-5-7-14(15)16;;/h5-8,13,17,19H,9-12H2,1-4H3;2*1H/t17-;;/m0../s1. The SMILES string of the molecule is Cl.Cl.Cn1cc([C@H](N2CCNCC2)C(C)(C)C)c2ccccc21. The van der Waals surface area contributed by atoms with Crippen molar-refractivity contribution in [2.75, 3.05) is 26.2 Å². The highest BCUT2D eigenvalue weighted by Gasteiger charge is 2.34. The summed E-state index contributed by atoms with van der Waals surface area (Å²) < 4.78 is 2.27. The first-order chi connectivity index (χ1) is 9.98. The largest absolute Gasteiger partial charge is 0.350 e. The van der Waals surface area contributed by atoms with Gasteiger partial charge in [-0.15, -0.1) is 24.8 Å². The quantitative estimate of drug-likeness (QED) is 0.875. The minimum atomic E-state index is 0. The number of rotatable bonds is 2. The number of fused-ring (bicyclic) bond motifs is 1. The zero-order valence-electron chi connectivity index (χ0n) is 14.5. The third-order valence-electron chi connectivity index (χ3n) is 4.56. The Balaban J connectivity index is 0.00000132. The topological polar surface area (TPSA) is 20.2 Å². The molecule has 3 rings (SSSR count). The number of halogens is 2. The van der Waals surface area contributed by atoms with Crippen molar-refractivity contribution in [2.24, 2.45) is 12.5 Å². The van der Waals surface area contributed by atoms with Gasteiger partial charge in [-0.05, 0) is 17.0 Å². The van der Waals surface area contributed by atoms with Crippen molar-refractivity contribution in [3.8, 4) is 0 Å². The van der Waals surface area contributed by atoms with Gasteiger partial charge in [-0.2, -0.15) is 0 Å². The number of benzene rings is 1. The van der Waals surface area contributed by atoms with Gasteiger partial charge in [0.25, 0.3) is 0 Å². The molecule has 130 valence electrons. The van der Waals surface area contributed by atoms with Crippen LogP contribution in [0.4, 0.5) is 0 Å². The molecule has 1 aromatic carbocycles. The van der Waals surface area contributed by atoms with E-state index in [2.05, 4.69) is 73.1 Å². The molecule has 5 heteroatoms. The van der Waals surface area contributed by atoms with Crippen LogP contribution in [0.1, 0.15) is 32.4 Å². The van der Waals surface area contributed by atoms with Crippen LogP contribution in [0.5, 0.6) is 0 Å². The zero-order chi connectivity index (χ0) is 15.0. The highest BCUT2D eigenvalue weighted by atomic mass is 35.5. The number of nitrogens with zero attached hydrogens (tertiary/aromatic N) is 2. The normalized spacial score (nSPS) is 17.4. The van der Waals surface area contributed by atoms with Crippen LogP contribution in [0, 0.1) is 5.41 Å². The number of hydrogen-bond acceptors (Lipinski definition) is 2. The summed E-state index contributed by atoms with van der Waals surface area (Å²) in [5.41, 5.74) is 3.03. The average Bonchev–Trinajstić information content (AvgIpc) is 2.77. The van der Waals surface area contributed by atoms with Crippen molar-refractivity contribution in [3.63, 3.8) is 0 Å². The number of hydrogen-bond donors (Lipinski definition) is 1. The van der Waals surface area contributed by atoms with Gasteiger partial charge in [-0.1, -0.05) is 39.0 Å². The maximum Gasteiger partial charge on any atom is 0.0481 e. The summed E-state index contributed by atoms with van der Waals surface area (Å²) in [5.74, 6) is 0. The Morgan fingerprint density at radius 3 is 2.26 bits per heavy atom. The second-order valence-electron chi connectivity index (χ2n) is 7.27. The molecule has 1 atom stereocenters. The number of nitrogens with one attached hydrogen (secondary N) is 1. The molecule has 0 spiro atoms. The number of aryl methyl sites for hydroxylation is 1. The Hall–Kier alpha value is -0.740. The Kier molecular flexibility index (Phi) is 6.96. The van der Waals surface area contributed by atoms with Crippen LogP contribution in [0.2, 0.25) is 0 Å². The van der Waals surface area contributed by atoms with Crippen LogP contribution in [0.25, 0.3) is 10.9 Å². The van der Waals surface area contributed by atoms with Crippen LogP contribution in [-0.2, 0) is 7.05 Å². The first kappa shape index (κ1) is 20.3. The first-order valence-electron chi connectivity index (χ1n) is 7.97. The summed E-state index contributed by atoms with van der Waals surface area (Å²) in [6.07, 6.45) is 2.34. The Morgan fingerprint density at radius 1 is 1.04 bits per heavy atom. The minimum absolute atomic E-state index is 0. The van der Waals surface area contributed by atoms with Crippen molar-refractivity contribution < 1.29 is 0 Å². The fraction of sp³-hybridized carbons (Fsp3) is 0.556. The molecule has 23 heavy (non-hydrogen) atoms. The summed E-state index contributed by atoms with van der Waals surface area (Å²) >= 11 is 0. The van der Waals surface area contributed by atoms with Gasteiger partial charge >= 0.3 is 0 Å². The van der Waals surface area contributed by atoms with E-state index < -0.39 is 0 Å². The van der Waals surface area contributed by atoms with Gasteiger partial charge < -0.3 is 9.88 Å². The molecule has 1 fully saturated rings. The smallest absolute Gasteiger partial charge is 0.0481 e. The van der Waals surface area contributed by atoms with E-state index in [-0.39, 0.29) is 30.2 Å². The number of piperazine rings is 1. The third-order valence-corrected chi connectivity index (χ3v) is 4.56. The maximum absolute atomic E-state index is 3.47. The van der Waals surface area contributed by atoms with E-state index >= 15 is 0 Å². The van der Waals surface area contributed by atoms with E-state index in [0.717, 1.165) is 26.2 Å². The molecular formula is C18H29Cl2N3. The van der Waals surface area contributed by atoms with Crippen molar-refractivity contribution in [2.45, 2.75) is 26.8 Å². The lowest BCUT2D eigenvalue weighted by Crippen LogP contribution is -2.48. The van der Waals surface area contributed by atoms with E-state index in [4.69, 9.17) is 0 Å². The molecule has 1 aliphatic heterocycles. The van der Waals surface area contributed by atoms with E-state index in [1.165, 1.54) is 16.5 Å². The molecule has 0 unspecified atom stereocenters.